The number of rotatable bonds is 5. The lowest BCUT2D eigenvalue weighted by atomic mass is 10.1. The highest BCUT2D eigenvalue weighted by atomic mass is 32.1. The number of aromatic nitrogens is 1. The number of para-hydroxylation sites is 1. The second-order valence-electron chi connectivity index (χ2n) is 5.64. The summed E-state index contributed by atoms with van der Waals surface area (Å²) in [6.45, 7) is 6.18. The number of nitrogens with zero attached hydrogens (tertiary/aromatic N) is 3. The number of hydrogen-bond acceptors (Lipinski definition) is 5. The largest absolute Gasteiger partial charge is 0.346 e. The molecule has 2 heterocycles. The van der Waals surface area contributed by atoms with Gasteiger partial charge in [-0.25, -0.2) is 4.98 Å². The first-order valence-corrected chi connectivity index (χ1v) is 8.89. The Morgan fingerprint density at radius 2 is 2.04 bits per heavy atom. The molecule has 23 heavy (non-hydrogen) atoms. The van der Waals surface area contributed by atoms with Crippen LogP contribution in [0.1, 0.15) is 12.5 Å². The van der Waals surface area contributed by atoms with Crippen LogP contribution >= 0.6 is 11.3 Å². The van der Waals surface area contributed by atoms with Crippen molar-refractivity contribution >= 4 is 28.1 Å². The van der Waals surface area contributed by atoms with Gasteiger partial charge in [0.2, 0.25) is 5.91 Å². The molecule has 1 saturated heterocycles. The monoisotopic (exact) mass is 330 g/mol. The van der Waals surface area contributed by atoms with Crippen LogP contribution in [0, 0.1) is 0 Å². The summed E-state index contributed by atoms with van der Waals surface area (Å²) in [5.74, 6) is 0.0635. The zero-order valence-corrected chi connectivity index (χ0v) is 14.2. The normalized spacial score (nSPS) is 15.6. The molecule has 6 heteroatoms. The predicted octanol–water partition coefficient (Wildman–Crippen LogP) is 2.47. The highest BCUT2D eigenvalue weighted by Crippen LogP contribution is 2.19. The molecule has 3 rings (SSSR count). The van der Waals surface area contributed by atoms with Crippen LogP contribution in [0.15, 0.2) is 35.8 Å². The van der Waals surface area contributed by atoms with E-state index in [9.17, 15) is 4.79 Å². The van der Waals surface area contributed by atoms with Crippen LogP contribution in [0.3, 0.4) is 0 Å². The van der Waals surface area contributed by atoms with Crippen molar-refractivity contribution in [3.63, 3.8) is 0 Å². The Morgan fingerprint density at radius 1 is 1.26 bits per heavy atom. The van der Waals surface area contributed by atoms with Crippen molar-refractivity contribution in [2.45, 2.75) is 13.3 Å². The molecule has 0 saturated carbocycles. The van der Waals surface area contributed by atoms with Gasteiger partial charge in [0.05, 0.1) is 6.54 Å². The van der Waals surface area contributed by atoms with E-state index in [4.69, 9.17) is 0 Å². The Morgan fingerprint density at radius 3 is 2.74 bits per heavy atom. The number of benzene rings is 1. The van der Waals surface area contributed by atoms with Crippen LogP contribution in [-0.2, 0) is 11.2 Å². The molecule has 0 aliphatic carbocycles. The Kier molecular flexibility index (Phi) is 5.25. The lowest BCUT2D eigenvalue weighted by Crippen LogP contribution is -2.48. The van der Waals surface area contributed by atoms with Crippen LogP contribution in [0.5, 0.6) is 0 Å². The number of piperazine rings is 1. The number of thiazole rings is 1. The molecule has 1 fully saturated rings. The van der Waals surface area contributed by atoms with E-state index in [0.29, 0.717) is 6.54 Å². The van der Waals surface area contributed by atoms with Crippen molar-refractivity contribution in [2.24, 2.45) is 0 Å². The van der Waals surface area contributed by atoms with E-state index in [-0.39, 0.29) is 5.91 Å². The van der Waals surface area contributed by atoms with E-state index in [2.05, 4.69) is 33.1 Å². The minimum atomic E-state index is 0.0635. The molecule has 0 atom stereocenters. The van der Waals surface area contributed by atoms with Gasteiger partial charge in [-0.15, -0.1) is 11.3 Å². The van der Waals surface area contributed by atoms with Gasteiger partial charge in [-0.3, -0.25) is 9.69 Å². The molecular formula is C17H22N4OS. The van der Waals surface area contributed by atoms with Crippen molar-refractivity contribution in [3.8, 4) is 0 Å². The zero-order chi connectivity index (χ0) is 16.1. The first-order valence-electron chi connectivity index (χ1n) is 8.01. The van der Waals surface area contributed by atoms with Gasteiger partial charge in [0, 0.05) is 43.4 Å². The van der Waals surface area contributed by atoms with Crippen molar-refractivity contribution in [1.29, 1.82) is 0 Å². The van der Waals surface area contributed by atoms with Gasteiger partial charge in [0.15, 0.2) is 5.13 Å². The smallest absolute Gasteiger partial charge is 0.238 e. The summed E-state index contributed by atoms with van der Waals surface area (Å²) in [4.78, 5) is 21.1. The Bertz CT molecular complexity index is 636. The molecule has 1 aromatic heterocycles. The van der Waals surface area contributed by atoms with Crippen molar-refractivity contribution in [3.05, 3.63) is 41.4 Å². The van der Waals surface area contributed by atoms with Crippen LogP contribution in [0.2, 0.25) is 0 Å². The van der Waals surface area contributed by atoms with Gasteiger partial charge in [-0.05, 0) is 18.1 Å². The fourth-order valence-electron chi connectivity index (χ4n) is 2.81. The summed E-state index contributed by atoms with van der Waals surface area (Å²) in [6.07, 6.45) is 2.76. The summed E-state index contributed by atoms with van der Waals surface area (Å²) in [7, 11) is 0. The van der Waals surface area contributed by atoms with Crippen LogP contribution < -0.4 is 10.2 Å². The lowest BCUT2D eigenvalue weighted by Gasteiger charge is -2.34. The minimum Gasteiger partial charge on any atom is -0.346 e. The quantitative estimate of drug-likeness (QED) is 0.915. The number of hydrogen-bond donors (Lipinski definition) is 1. The number of carbonyl (C=O) groups excluding carboxylic acids is 1. The minimum absolute atomic E-state index is 0.0635. The topological polar surface area (TPSA) is 48.5 Å². The zero-order valence-electron chi connectivity index (χ0n) is 13.4. The van der Waals surface area contributed by atoms with E-state index < -0.39 is 0 Å². The first kappa shape index (κ1) is 16.0. The van der Waals surface area contributed by atoms with Gasteiger partial charge < -0.3 is 10.2 Å². The Balaban J connectivity index is 1.49. The molecule has 122 valence electrons. The maximum Gasteiger partial charge on any atom is 0.238 e. The molecule has 0 radical (unpaired) electrons. The number of carbonyl (C=O) groups is 1. The standard InChI is InChI=1S/C17H22N4OS/c1-2-14-5-3-4-6-15(14)19-16(22)13-20-8-10-21(11-9-20)17-18-7-12-23-17/h3-7,12H,2,8-11,13H2,1H3,(H,19,22). The third-order valence-electron chi connectivity index (χ3n) is 4.10. The van der Waals surface area contributed by atoms with Crippen molar-refractivity contribution < 1.29 is 4.79 Å². The molecule has 0 bridgehead atoms. The molecule has 1 aliphatic heterocycles. The molecule has 0 unspecified atom stereocenters. The van der Waals surface area contributed by atoms with Gasteiger partial charge >= 0.3 is 0 Å². The fourth-order valence-corrected chi connectivity index (χ4v) is 3.51. The summed E-state index contributed by atoms with van der Waals surface area (Å²) in [5, 5.41) is 6.12. The highest BCUT2D eigenvalue weighted by molar-refractivity contribution is 7.13. The SMILES string of the molecule is CCc1ccccc1NC(=O)CN1CCN(c2nccs2)CC1. The molecule has 1 aromatic carbocycles. The average molecular weight is 330 g/mol. The first-order chi connectivity index (χ1) is 11.3. The van der Waals surface area contributed by atoms with Crippen molar-refractivity contribution in [1.82, 2.24) is 9.88 Å². The molecule has 1 amide bonds. The molecular weight excluding hydrogens is 308 g/mol. The summed E-state index contributed by atoms with van der Waals surface area (Å²) >= 11 is 1.67. The molecule has 5 nitrogen and oxygen atoms in total. The second kappa shape index (κ2) is 7.57. The maximum atomic E-state index is 12.3. The van der Waals surface area contributed by atoms with E-state index in [0.717, 1.165) is 43.4 Å². The third-order valence-corrected chi connectivity index (χ3v) is 4.93. The molecule has 1 N–H and O–H groups in total. The van der Waals surface area contributed by atoms with Crippen LogP contribution in [0.4, 0.5) is 10.8 Å². The summed E-state index contributed by atoms with van der Waals surface area (Å²) in [6, 6.07) is 7.99. The number of aryl methyl sites for hydroxylation is 1. The second-order valence-corrected chi connectivity index (χ2v) is 6.51. The maximum absolute atomic E-state index is 12.3. The van der Waals surface area contributed by atoms with Crippen LogP contribution in [0.25, 0.3) is 0 Å². The van der Waals surface area contributed by atoms with E-state index in [1.54, 1.807) is 11.3 Å². The number of amides is 1. The van der Waals surface area contributed by atoms with Gasteiger partial charge in [-0.2, -0.15) is 0 Å². The fraction of sp³-hybridized carbons (Fsp3) is 0.412. The van der Waals surface area contributed by atoms with E-state index in [1.165, 1.54) is 5.56 Å². The average Bonchev–Trinajstić information content (AvgIpc) is 3.10. The predicted molar refractivity (Wildman–Crippen MR) is 95.2 cm³/mol. The highest BCUT2D eigenvalue weighted by Gasteiger charge is 2.20. The van der Waals surface area contributed by atoms with E-state index >= 15 is 0 Å². The molecule has 0 spiro atoms. The third kappa shape index (κ3) is 4.09. The van der Waals surface area contributed by atoms with Gasteiger partial charge in [0.25, 0.3) is 0 Å². The number of nitrogens with one attached hydrogen (secondary N) is 1. The van der Waals surface area contributed by atoms with Gasteiger partial charge in [-0.1, -0.05) is 25.1 Å². The molecule has 1 aliphatic rings. The van der Waals surface area contributed by atoms with Crippen molar-refractivity contribution in [2.75, 3.05) is 42.9 Å². The summed E-state index contributed by atoms with van der Waals surface area (Å²) < 4.78 is 0. The summed E-state index contributed by atoms with van der Waals surface area (Å²) in [5.41, 5.74) is 2.11. The Hall–Kier alpha value is -1.92. The van der Waals surface area contributed by atoms with E-state index in [1.807, 2.05) is 29.8 Å². The Labute approximate surface area is 140 Å². The number of anilines is 2. The molecule has 2 aromatic rings. The lowest BCUT2D eigenvalue weighted by molar-refractivity contribution is -0.117. The van der Waals surface area contributed by atoms with Gasteiger partial charge in [0.1, 0.15) is 0 Å². The van der Waals surface area contributed by atoms with Crippen LogP contribution in [-0.4, -0.2) is 48.5 Å².